The normalized spacial score (nSPS) is 11.2. The van der Waals surface area contributed by atoms with Gasteiger partial charge in [-0.05, 0) is 12.2 Å². The predicted octanol–water partition coefficient (Wildman–Crippen LogP) is -2.47. The van der Waals surface area contributed by atoms with Crippen LogP contribution in [0.1, 0.15) is 0 Å². The maximum absolute atomic E-state index is 9.53. The topological polar surface area (TPSA) is 170 Å². The summed E-state index contributed by atoms with van der Waals surface area (Å²) in [5, 5.41) is 0.000000000000000222. The van der Waals surface area contributed by atoms with Crippen LogP contribution in [-0.2, 0) is 45.3 Å². The zero-order valence-electron chi connectivity index (χ0n) is 5.82. The van der Waals surface area contributed by atoms with Crippen LogP contribution in [0.2, 0.25) is 0 Å². The van der Waals surface area contributed by atoms with Gasteiger partial charge in [-0.2, -0.15) is 0 Å². The monoisotopic (exact) mass is 294 g/mol. The SMILES string of the molecule is NC(N)=S.[O]=[Cr](=[O])([OH])[O][Cr](=[O])(=[O])[OH]. The van der Waals surface area contributed by atoms with E-state index in [0.29, 0.717) is 0 Å². The number of rotatable bonds is 2. The molecule has 0 aromatic heterocycles. The Kier molecular flexibility index (Phi) is 6.53. The second-order valence-electron chi connectivity index (χ2n) is 1.33. The third-order valence-electron chi connectivity index (χ3n) is 0.172. The van der Waals surface area contributed by atoms with Crippen molar-refractivity contribution in [3.63, 3.8) is 0 Å². The molecule has 0 amide bonds. The quantitative estimate of drug-likeness (QED) is 0.400. The van der Waals surface area contributed by atoms with Crippen LogP contribution in [-0.4, -0.2) is 13.4 Å². The summed E-state index contributed by atoms with van der Waals surface area (Å²) in [4.78, 5) is 0. The first-order chi connectivity index (χ1) is 5.44. The Bertz CT molecular complexity index is 320. The Morgan fingerprint density at radius 1 is 1.08 bits per heavy atom. The van der Waals surface area contributed by atoms with Crippen LogP contribution in [0.4, 0.5) is 0 Å². The van der Waals surface area contributed by atoms with Crippen molar-refractivity contribution in [2.45, 2.75) is 0 Å². The molecule has 0 spiro atoms. The second-order valence-corrected chi connectivity index (χ2v) is 5.56. The summed E-state index contributed by atoms with van der Waals surface area (Å²) >= 11 is -7.42. The first-order valence-corrected chi connectivity index (χ1v) is 6.82. The Balaban J connectivity index is 0. The van der Waals surface area contributed by atoms with Crippen LogP contribution < -0.4 is 11.5 Å². The Morgan fingerprint density at radius 3 is 1.23 bits per heavy atom. The number of thiocarbonyl (C=S) groups is 1. The van der Waals surface area contributed by atoms with E-state index in [1.54, 1.807) is 0 Å². The fourth-order valence-electron chi connectivity index (χ4n) is 0.109. The van der Waals surface area contributed by atoms with Gasteiger partial charge in [0, 0.05) is 0 Å². The molecule has 0 aliphatic rings. The Hall–Kier alpha value is -0.165. The van der Waals surface area contributed by atoms with Crippen molar-refractivity contribution in [3.8, 4) is 0 Å². The molecule has 13 heavy (non-hydrogen) atoms. The summed E-state index contributed by atoms with van der Waals surface area (Å²) in [6, 6.07) is 0. The minimum atomic E-state index is -5.76. The number of hydrogen-bond acceptors (Lipinski definition) is 6. The van der Waals surface area contributed by atoms with E-state index in [0.717, 1.165) is 0 Å². The van der Waals surface area contributed by atoms with E-state index in [-0.39, 0.29) is 5.11 Å². The summed E-state index contributed by atoms with van der Waals surface area (Å²) in [5.74, 6) is 0. The molecule has 0 saturated carbocycles. The number of nitrogens with two attached hydrogens (primary N) is 2. The van der Waals surface area contributed by atoms with Gasteiger partial charge >= 0.3 is 53.6 Å². The second kappa shape index (κ2) is 5.54. The average Bonchev–Trinajstić information content (AvgIpc) is 1.47. The van der Waals surface area contributed by atoms with Crippen molar-refractivity contribution in [1.82, 2.24) is 0 Å². The van der Waals surface area contributed by atoms with E-state index in [9.17, 15) is 15.2 Å². The Morgan fingerprint density at radius 2 is 1.23 bits per heavy atom. The Labute approximate surface area is 82.4 Å². The zero-order valence-corrected chi connectivity index (χ0v) is 9.18. The molecule has 0 bridgehead atoms. The van der Waals surface area contributed by atoms with Gasteiger partial charge in [0.1, 0.15) is 0 Å². The molecule has 0 heterocycles. The molecule has 0 aromatic rings. The van der Waals surface area contributed by atoms with Gasteiger partial charge in [-0.15, -0.1) is 0 Å². The molecule has 0 radical (unpaired) electrons. The fourth-order valence-corrected chi connectivity index (χ4v) is 1.85. The molecule has 0 unspecified atom stereocenters. The van der Waals surface area contributed by atoms with E-state index >= 15 is 0 Å². The maximum atomic E-state index is 9.53. The number of hydrogen-bond donors (Lipinski definition) is 4. The molecule has 0 saturated heterocycles. The summed E-state index contributed by atoms with van der Waals surface area (Å²) in [5.41, 5.74) is 9.24. The fraction of sp³-hybridized carbons (Fsp3) is 0. The minimum absolute atomic E-state index is 0.000000000000000222. The molecule has 80 valence electrons. The van der Waals surface area contributed by atoms with Crippen LogP contribution in [0.5, 0.6) is 0 Å². The molecular formula is CH6Cr2N2O7S. The van der Waals surface area contributed by atoms with Gasteiger partial charge in [0.05, 0.1) is 0 Å². The predicted molar refractivity (Wildman–Crippen MR) is 29.2 cm³/mol. The van der Waals surface area contributed by atoms with Crippen molar-refractivity contribution in [3.05, 3.63) is 0 Å². The molecule has 12 heteroatoms. The molecule has 0 aliphatic heterocycles. The molecule has 0 rings (SSSR count). The van der Waals surface area contributed by atoms with Crippen LogP contribution >= 0.6 is 12.2 Å². The molecule has 0 aromatic carbocycles. The van der Waals surface area contributed by atoms with Gasteiger partial charge in [0.2, 0.25) is 0 Å². The van der Waals surface area contributed by atoms with Gasteiger partial charge in [-0.1, -0.05) is 0 Å². The van der Waals surface area contributed by atoms with E-state index in [1.807, 2.05) is 0 Å². The van der Waals surface area contributed by atoms with Crippen LogP contribution in [0.25, 0.3) is 0 Å². The van der Waals surface area contributed by atoms with E-state index in [4.69, 9.17) is 8.32 Å². The molecule has 6 N–H and O–H groups in total. The third-order valence-corrected chi connectivity index (χ3v) is 2.92. The van der Waals surface area contributed by atoms with Gasteiger partial charge in [0.25, 0.3) is 0 Å². The van der Waals surface area contributed by atoms with Crippen LogP contribution in [0.15, 0.2) is 0 Å². The van der Waals surface area contributed by atoms with Crippen molar-refractivity contribution in [1.29, 1.82) is 0 Å². The van der Waals surface area contributed by atoms with Crippen molar-refractivity contribution in [2.75, 3.05) is 0 Å². The molecule has 0 aliphatic carbocycles. The third kappa shape index (κ3) is 33.6. The van der Waals surface area contributed by atoms with E-state index in [1.165, 1.54) is 0 Å². The van der Waals surface area contributed by atoms with Gasteiger partial charge in [-0.3, -0.25) is 0 Å². The van der Waals surface area contributed by atoms with E-state index < -0.39 is 27.2 Å². The van der Waals surface area contributed by atoms with Crippen LogP contribution in [0.3, 0.4) is 0 Å². The first kappa shape index (κ1) is 15.3. The van der Waals surface area contributed by atoms with Gasteiger partial charge in [0.15, 0.2) is 5.11 Å². The average molecular weight is 294 g/mol. The van der Waals surface area contributed by atoms with Crippen LogP contribution in [0, 0.1) is 0 Å². The van der Waals surface area contributed by atoms with E-state index in [2.05, 4.69) is 26.5 Å². The molecule has 0 fully saturated rings. The van der Waals surface area contributed by atoms with Crippen molar-refractivity contribution < 1.29 is 53.6 Å². The van der Waals surface area contributed by atoms with Gasteiger partial charge < -0.3 is 11.5 Å². The first-order valence-electron chi connectivity index (χ1n) is 2.15. The summed E-state index contributed by atoms with van der Waals surface area (Å²) < 4.78 is 56.3. The summed E-state index contributed by atoms with van der Waals surface area (Å²) in [7, 11) is 0. The summed E-state index contributed by atoms with van der Waals surface area (Å²) in [6.07, 6.45) is 0. The molecular weight excluding hydrogens is 288 g/mol. The zero-order chi connectivity index (χ0) is 11.3. The van der Waals surface area contributed by atoms with Crippen molar-refractivity contribution in [2.24, 2.45) is 11.5 Å². The molecule has 9 nitrogen and oxygen atoms in total. The van der Waals surface area contributed by atoms with Crippen molar-refractivity contribution >= 4 is 17.3 Å². The van der Waals surface area contributed by atoms with Gasteiger partial charge in [-0.25, -0.2) is 0 Å². The summed E-state index contributed by atoms with van der Waals surface area (Å²) in [6.45, 7) is 0. The molecule has 0 atom stereocenters. The standard InChI is InChI=1S/CH4N2S.2Cr.2H2O.5O/c2-1(3)4;;;;;;;;;/h(H4,2,3,4);;;2*1H2;;;;;/q;2*+1;;;;;;;/p-2.